The topological polar surface area (TPSA) is 129 Å². The van der Waals surface area contributed by atoms with Crippen molar-refractivity contribution in [2.75, 3.05) is 99.5 Å². The number of methoxy groups -OCH3 is 14. The third-order valence-electron chi connectivity index (χ3n) is 13.7. The van der Waals surface area contributed by atoms with Gasteiger partial charge < -0.3 is 66.3 Å². The van der Waals surface area contributed by atoms with Crippen LogP contribution in [0, 0.1) is 5.92 Å². The minimum absolute atomic E-state index is 0.0141. The molecule has 14 nitrogen and oxygen atoms in total. The zero-order valence-corrected chi connectivity index (χ0v) is 45.6. The molecule has 0 fully saturated rings. The lowest BCUT2D eigenvalue weighted by atomic mass is 9.75. The van der Waals surface area contributed by atoms with Crippen LogP contribution in [-0.4, -0.2) is 99.5 Å². The quantitative estimate of drug-likeness (QED) is 0.0442. The Balaban J connectivity index is 1.45. The number of ether oxygens (including phenoxy) is 14. The molecule has 398 valence electrons. The fraction of sp³-hybridized carbons (Fsp3) is 0.400. The molecule has 14 heteroatoms. The van der Waals surface area contributed by atoms with Gasteiger partial charge in [-0.25, -0.2) is 0 Å². The Kier molecular flexibility index (Phi) is 20.4. The summed E-state index contributed by atoms with van der Waals surface area (Å²) in [7, 11) is 23.2. The smallest absolute Gasteiger partial charge is 0.203 e. The van der Waals surface area contributed by atoms with Crippen molar-refractivity contribution in [3.8, 4) is 80.5 Å². The highest BCUT2D eigenvalue weighted by Gasteiger charge is 2.29. The molecule has 0 saturated heterocycles. The van der Waals surface area contributed by atoms with Crippen LogP contribution in [0.3, 0.4) is 0 Å². The molecule has 0 unspecified atom stereocenters. The third-order valence-corrected chi connectivity index (χ3v) is 13.7. The van der Waals surface area contributed by atoms with Crippen LogP contribution in [0.2, 0.25) is 0 Å². The molecule has 0 amide bonds. The van der Waals surface area contributed by atoms with Gasteiger partial charge in [-0.3, -0.25) is 0 Å². The first-order chi connectivity index (χ1) is 36.0. The second kappa shape index (κ2) is 27.0. The summed E-state index contributed by atoms with van der Waals surface area (Å²) in [5.41, 5.74) is 8.16. The molecule has 2 atom stereocenters. The lowest BCUT2D eigenvalue weighted by Crippen LogP contribution is -2.20. The molecule has 0 aliphatic heterocycles. The first-order valence-electron chi connectivity index (χ1n) is 24.5. The minimum Gasteiger partial charge on any atom is -0.497 e. The number of aryl methyl sites for hydroxylation is 3. The van der Waals surface area contributed by atoms with E-state index < -0.39 is 0 Å². The van der Waals surface area contributed by atoms with E-state index in [9.17, 15) is 0 Å². The van der Waals surface area contributed by atoms with Crippen molar-refractivity contribution in [3.63, 3.8) is 0 Å². The highest BCUT2D eigenvalue weighted by molar-refractivity contribution is 5.57. The SMILES string of the molecule is COc1cc(C[C@@H](CCc2cc(OC)c(CCc3cc(OC)c(OC)c(OC)c3)c(OC)c2)[C@@H](Cc2cc(OC)cc(OC)c2)c2cc(OC)c(CCc3cc(OC)c(OC)c(OC)c3)c(OC)c2)cc(OC)c1. The van der Waals surface area contributed by atoms with Crippen LogP contribution in [0.4, 0.5) is 0 Å². The van der Waals surface area contributed by atoms with E-state index in [0.717, 1.165) is 73.9 Å². The predicted molar refractivity (Wildman–Crippen MR) is 287 cm³/mol. The molecule has 0 spiro atoms. The van der Waals surface area contributed by atoms with Gasteiger partial charge in [0, 0.05) is 23.3 Å². The Hall–Kier alpha value is -7.48. The first-order valence-corrected chi connectivity index (χ1v) is 24.5. The lowest BCUT2D eigenvalue weighted by Gasteiger charge is -2.30. The Morgan fingerprint density at radius 2 is 0.581 bits per heavy atom. The van der Waals surface area contributed by atoms with E-state index in [1.165, 1.54) is 0 Å². The monoisotopic (exact) mass is 1020 g/mol. The zero-order chi connectivity index (χ0) is 53.3. The summed E-state index contributed by atoms with van der Waals surface area (Å²) < 4.78 is 81.9. The van der Waals surface area contributed by atoms with Crippen molar-refractivity contribution in [2.45, 2.75) is 57.3 Å². The molecule has 0 saturated carbocycles. The molecular formula is C60H74O14. The van der Waals surface area contributed by atoms with Crippen molar-refractivity contribution >= 4 is 0 Å². The Morgan fingerprint density at radius 3 is 0.905 bits per heavy atom. The van der Waals surface area contributed by atoms with Crippen molar-refractivity contribution in [2.24, 2.45) is 5.92 Å². The van der Waals surface area contributed by atoms with E-state index in [2.05, 4.69) is 48.5 Å². The number of hydrogen-bond acceptors (Lipinski definition) is 14. The summed E-state index contributed by atoms with van der Waals surface area (Å²) in [5, 5.41) is 0. The van der Waals surface area contributed by atoms with Gasteiger partial charge in [0.2, 0.25) is 11.5 Å². The molecule has 0 bridgehead atoms. The second-order valence-corrected chi connectivity index (χ2v) is 17.7. The Morgan fingerprint density at radius 1 is 0.270 bits per heavy atom. The molecule has 74 heavy (non-hydrogen) atoms. The number of benzene rings is 6. The molecule has 0 heterocycles. The summed E-state index contributed by atoms with van der Waals surface area (Å²) in [4.78, 5) is 0. The molecular weight excluding hydrogens is 945 g/mol. The van der Waals surface area contributed by atoms with Gasteiger partial charge in [-0.2, -0.15) is 0 Å². The van der Waals surface area contributed by atoms with Crippen LogP contribution in [0.25, 0.3) is 0 Å². The zero-order valence-electron chi connectivity index (χ0n) is 45.6. The van der Waals surface area contributed by atoms with Gasteiger partial charge in [-0.15, -0.1) is 0 Å². The third kappa shape index (κ3) is 13.4. The molecule has 6 aromatic rings. The molecule has 0 aromatic heterocycles. The summed E-state index contributed by atoms with van der Waals surface area (Å²) in [6.45, 7) is 0. The summed E-state index contributed by atoms with van der Waals surface area (Å²) in [6, 6.07) is 28.6. The largest absolute Gasteiger partial charge is 0.497 e. The van der Waals surface area contributed by atoms with Gasteiger partial charge in [0.25, 0.3) is 0 Å². The highest BCUT2D eigenvalue weighted by atomic mass is 16.5. The van der Waals surface area contributed by atoms with E-state index >= 15 is 0 Å². The van der Waals surface area contributed by atoms with E-state index in [1.807, 2.05) is 36.4 Å². The van der Waals surface area contributed by atoms with E-state index in [-0.39, 0.29) is 11.8 Å². The highest BCUT2D eigenvalue weighted by Crippen LogP contribution is 2.45. The van der Waals surface area contributed by atoms with Crippen molar-refractivity contribution < 1.29 is 66.3 Å². The molecule has 6 rings (SSSR count). The molecule has 6 aromatic carbocycles. The lowest BCUT2D eigenvalue weighted by molar-refractivity contribution is 0.323. The van der Waals surface area contributed by atoms with Gasteiger partial charge in [-0.05, 0) is 169 Å². The maximum absolute atomic E-state index is 6.28. The van der Waals surface area contributed by atoms with Crippen LogP contribution >= 0.6 is 0 Å². The van der Waals surface area contributed by atoms with Gasteiger partial charge >= 0.3 is 0 Å². The van der Waals surface area contributed by atoms with E-state index in [0.29, 0.717) is 102 Å². The van der Waals surface area contributed by atoms with Gasteiger partial charge in [0.05, 0.1) is 99.5 Å². The van der Waals surface area contributed by atoms with Gasteiger partial charge in [0.1, 0.15) is 46.0 Å². The Labute approximate surface area is 437 Å². The van der Waals surface area contributed by atoms with Crippen LogP contribution in [0.15, 0.2) is 84.9 Å². The summed E-state index contributed by atoms with van der Waals surface area (Å²) in [5.74, 6) is 9.15. The predicted octanol–water partition coefficient (Wildman–Crippen LogP) is 11.2. The fourth-order valence-electron chi connectivity index (χ4n) is 9.87. The maximum Gasteiger partial charge on any atom is 0.203 e. The van der Waals surface area contributed by atoms with Crippen LogP contribution in [-0.2, 0) is 44.9 Å². The molecule has 0 aliphatic carbocycles. The standard InChI is InChI=1S/C60H74O14/c1-61-44-22-40(23-45(35-44)62-2)21-42(18-15-37-27-51(65-5)48(52(28-37)66-6)19-16-38-29-55(69-9)59(73-13)56(30-38)70-10)50(26-41-24-46(63-3)36-47(25-41)64-4)43-33-53(67-7)49(54(34-43)68-8)20-17-39-31-57(71-11)60(74-14)58(32-39)72-12/h22-25,27-36,42,50H,15-21,26H2,1-14H3/t42-,50-/m1/s1. The van der Waals surface area contributed by atoms with Crippen molar-refractivity contribution in [1.29, 1.82) is 0 Å². The molecule has 0 radical (unpaired) electrons. The van der Waals surface area contributed by atoms with Crippen LogP contribution in [0.5, 0.6) is 80.5 Å². The Bertz CT molecular complexity index is 2640. The van der Waals surface area contributed by atoms with Crippen molar-refractivity contribution in [1.82, 2.24) is 0 Å². The van der Waals surface area contributed by atoms with E-state index in [4.69, 9.17) is 66.3 Å². The second-order valence-electron chi connectivity index (χ2n) is 17.7. The van der Waals surface area contributed by atoms with Crippen molar-refractivity contribution in [3.05, 3.63) is 129 Å². The summed E-state index contributed by atoms with van der Waals surface area (Å²) in [6.07, 6.45) is 5.32. The average Bonchev–Trinajstić information content (AvgIpc) is 3.44. The van der Waals surface area contributed by atoms with Crippen LogP contribution in [0.1, 0.15) is 56.8 Å². The first kappa shape index (κ1) is 55.8. The minimum atomic E-state index is -0.0995. The summed E-state index contributed by atoms with van der Waals surface area (Å²) >= 11 is 0. The molecule has 0 N–H and O–H groups in total. The van der Waals surface area contributed by atoms with Crippen LogP contribution < -0.4 is 66.3 Å². The fourth-order valence-corrected chi connectivity index (χ4v) is 9.87. The van der Waals surface area contributed by atoms with E-state index in [1.54, 1.807) is 99.5 Å². The number of hydrogen-bond donors (Lipinski definition) is 0. The maximum atomic E-state index is 6.28. The number of rotatable bonds is 29. The molecule has 0 aliphatic rings. The average molecular weight is 1020 g/mol. The van der Waals surface area contributed by atoms with Gasteiger partial charge in [-0.1, -0.05) is 0 Å². The van der Waals surface area contributed by atoms with Gasteiger partial charge in [0.15, 0.2) is 23.0 Å². The normalized spacial score (nSPS) is 11.7.